The third kappa shape index (κ3) is 2.73. The smallest absolute Gasteiger partial charge is 0.355 e. The van der Waals surface area contributed by atoms with Crippen LogP contribution in [-0.2, 0) is 11.8 Å². The Balaban J connectivity index is 1.62. The molecule has 2 heterocycles. The van der Waals surface area contributed by atoms with Crippen molar-refractivity contribution < 1.29 is 19.1 Å². The van der Waals surface area contributed by atoms with E-state index in [1.807, 2.05) is 0 Å². The number of nitrogens with zero attached hydrogens (tertiary/aromatic N) is 2. The number of esters is 1. The van der Waals surface area contributed by atoms with Gasteiger partial charge >= 0.3 is 5.97 Å². The molecular formula is C16H13ClN2O4. The first-order valence-electron chi connectivity index (χ1n) is 6.93. The topological polar surface area (TPSA) is 68.6 Å². The zero-order valence-electron chi connectivity index (χ0n) is 12.3. The van der Waals surface area contributed by atoms with Crippen molar-refractivity contribution in [2.45, 2.75) is 0 Å². The van der Waals surface area contributed by atoms with E-state index in [0.717, 1.165) is 4.90 Å². The van der Waals surface area contributed by atoms with E-state index in [9.17, 15) is 14.4 Å². The first kappa shape index (κ1) is 15.3. The van der Waals surface area contributed by atoms with Crippen molar-refractivity contribution in [1.82, 2.24) is 9.47 Å². The van der Waals surface area contributed by atoms with Crippen LogP contribution in [0.4, 0.5) is 0 Å². The molecule has 3 rings (SSSR count). The molecule has 0 atom stereocenters. The number of hydrogen-bond donors (Lipinski definition) is 0. The highest BCUT2D eigenvalue weighted by atomic mass is 35.5. The van der Waals surface area contributed by atoms with Crippen molar-refractivity contribution in [2.75, 3.05) is 13.2 Å². The van der Waals surface area contributed by atoms with Gasteiger partial charge in [-0.15, -0.1) is 0 Å². The van der Waals surface area contributed by atoms with Crippen molar-refractivity contribution in [2.24, 2.45) is 7.05 Å². The lowest BCUT2D eigenvalue weighted by Crippen LogP contribution is -2.33. The van der Waals surface area contributed by atoms with E-state index in [2.05, 4.69) is 0 Å². The summed E-state index contributed by atoms with van der Waals surface area (Å²) in [5.41, 5.74) is 1.05. The third-order valence-corrected chi connectivity index (χ3v) is 3.81. The van der Waals surface area contributed by atoms with Gasteiger partial charge in [-0.05, 0) is 18.2 Å². The molecule has 1 aliphatic rings. The summed E-state index contributed by atoms with van der Waals surface area (Å²) in [6.07, 6.45) is 1.59. The quantitative estimate of drug-likeness (QED) is 0.635. The van der Waals surface area contributed by atoms with Crippen molar-refractivity contribution >= 4 is 29.4 Å². The van der Waals surface area contributed by atoms with Gasteiger partial charge in [-0.2, -0.15) is 0 Å². The Kier molecular flexibility index (Phi) is 3.92. The second kappa shape index (κ2) is 5.89. The molecule has 1 aromatic heterocycles. The Bertz CT molecular complexity index is 777. The monoisotopic (exact) mass is 332 g/mol. The lowest BCUT2D eigenvalue weighted by atomic mass is 10.1. The van der Waals surface area contributed by atoms with Gasteiger partial charge in [-0.3, -0.25) is 14.5 Å². The van der Waals surface area contributed by atoms with Gasteiger partial charge in [0.15, 0.2) is 0 Å². The number of halogens is 1. The molecule has 0 bridgehead atoms. The summed E-state index contributed by atoms with van der Waals surface area (Å²) in [6, 6.07) is 8.10. The molecule has 0 unspecified atom stereocenters. The molecule has 0 fully saturated rings. The lowest BCUT2D eigenvalue weighted by Gasteiger charge is -2.13. The maximum atomic E-state index is 12.2. The number of benzene rings is 1. The Morgan fingerprint density at radius 2 is 1.78 bits per heavy atom. The van der Waals surface area contributed by atoms with Gasteiger partial charge in [-0.1, -0.05) is 23.7 Å². The molecule has 0 radical (unpaired) electrons. The summed E-state index contributed by atoms with van der Waals surface area (Å²) in [5, 5.41) is 0.430. The number of fused-ring (bicyclic) bond motifs is 1. The largest absolute Gasteiger partial charge is 0.459 e. The molecule has 118 valence electrons. The molecule has 2 amide bonds. The van der Waals surface area contributed by atoms with Gasteiger partial charge in [0.1, 0.15) is 12.3 Å². The van der Waals surface area contributed by atoms with E-state index in [0.29, 0.717) is 21.8 Å². The lowest BCUT2D eigenvalue weighted by molar-refractivity contribution is 0.0412. The van der Waals surface area contributed by atoms with Crippen LogP contribution < -0.4 is 0 Å². The minimum Gasteiger partial charge on any atom is -0.459 e. The summed E-state index contributed by atoms with van der Waals surface area (Å²) in [7, 11) is 1.67. The van der Waals surface area contributed by atoms with Gasteiger partial charge in [0.05, 0.1) is 22.7 Å². The van der Waals surface area contributed by atoms with Crippen LogP contribution in [0.2, 0.25) is 5.02 Å². The van der Waals surface area contributed by atoms with Gasteiger partial charge in [0.2, 0.25) is 0 Å². The molecule has 0 spiro atoms. The average Bonchev–Trinajstić information content (AvgIpc) is 2.99. The third-order valence-electron chi connectivity index (χ3n) is 3.61. The number of aromatic nitrogens is 1. The van der Waals surface area contributed by atoms with E-state index in [4.69, 9.17) is 16.3 Å². The number of carbonyl (C=O) groups is 3. The number of amides is 2. The summed E-state index contributed by atoms with van der Waals surface area (Å²) in [4.78, 5) is 37.3. The Morgan fingerprint density at radius 3 is 2.30 bits per heavy atom. The van der Waals surface area contributed by atoms with Crippen LogP contribution in [0.3, 0.4) is 0 Å². The first-order valence-corrected chi connectivity index (χ1v) is 7.31. The molecule has 2 aromatic rings. The Hall–Kier alpha value is -2.60. The summed E-state index contributed by atoms with van der Waals surface area (Å²) in [5.74, 6) is -1.30. The highest BCUT2D eigenvalue weighted by Crippen LogP contribution is 2.22. The minimum atomic E-state index is -0.559. The molecule has 1 aliphatic heterocycles. The minimum absolute atomic E-state index is 0.0102. The highest BCUT2D eigenvalue weighted by Gasteiger charge is 2.34. The fraction of sp³-hybridized carbons (Fsp3) is 0.188. The highest BCUT2D eigenvalue weighted by molar-refractivity contribution is 6.31. The number of carbonyl (C=O) groups excluding carboxylic acids is 3. The normalized spacial score (nSPS) is 13.4. The van der Waals surface area contributed by atoms with Gasteiger partial charge in [0, 0.05) is 13.2 Å². The van der Waals surface area contributed by atoms with Gasteiger partial charge in [0.25, 0.3) is 11.8 Å². The van der Waals surface area contributed by atoms with Crippen molar-refractivity contribution in [3.8, 4) is 0 Å². The second-order valence-electron chi connectivity index (χ2n) is 5.10. The second-order valence-corrected chi connectivity index (χ2v) is 5.53. The molecule has 1 aromatic carbocycles. The van der Waals surface area contributed by atoms with E-state index in [1.165, 1.54) is 6.07 Å². The standard InChI is InChI=1S/C16H13ClN2O4/c1-18-9-10(17)8-13(18)16(22)23-7-6-19-14(20)11-4-2-3-5-12(11)15(19)21/h2-5,8-9H,6-7H2,1H3. The number of hydrogen-bond acceptors (Lipinski definition) is 4. The van der Waals surface area contributed by atoms with Crippen molar-refractivity contribution in [3.63, 3.8) is 0 Å². The Morgan fingerprint density at radius 1 is 1.17 bits per heavy atom. The molecule has 0 N–H and O–H groups in total. The van der Waals surface area contributed by atoms with Crippen LogP contribution in [-0.4, -0.2) is 40.4 Å². The molecule has 23 heavy (non-hydrogen) atoms. The predicted octanol–water partition coefficient (Wildman–Crippen LogP) is 2.13. The van der Waals surface area contributed by atoms with Crippen LogP contribution in [0.15, 0.2) is 36.5 Å². The molecule has 7 heteroatoms. The number of ether oxygens (including phenoxy) is 1. The van der Waals surface area contributed by atoms with Gasteiger partial charge < -0.3 is 9.30 Å². The number of aryl methyl sites for hydroxylation is 1. The van der Waals surface area contributed by atoms with Crippen LogP contribution >= 0.6 is 11.6 Å². The average molecular weight is 333 g/mol. The number of imide groups is 1. The van der Waals surface area contributed by atoms with Crippen LogP contribution in [0.1, 0.15) is 31.2 Å². The fourth-order valence-electron chi connectivity index (χ4n) is 2.47. The fourth-order valence-corrected chi connectivity index (χ4v) is 2.72. The molecular weight excluding hydrogens is 320 g/mol. The summed E-state index contributed by atoms with van der Waals surface area (Å²) < 4.78 is 6.66. The first-order chi connectivity index (χ1) is 11.0. The zero-order valence-corrected chi connectivity index (χ0v) is 13.0. The van der Waals surface area contributed by atoms with E-state index >= 15 is 0 Å². The van der Waals surface area contributed by atoms with Crippen LogP contribution in [0.5, 0.6) is 0 Å². The predicted molar refractivity (Wildman–Crippen MR) is 82.5 cm³/mol. The summed E-state index contributed by atoms with van der Waals surface area (Å²) >= 11 is 5.81. The van der Waals surface area contributed by atoms with Crippen LogP contribution in [0, 0.1) is 0 Å². The molecule has 0 aliphatic carbocycles. The van der Waals surface area contributed by atoms with E-state index in [-0.39, 0.29) is 25.0 Å². The molecule has 0 saturated heterocycles. The van der Waals surface area contributed by atoms with Crippen molar-refractivity contribution in [1.29, 1.82) is 0 Å². The van der Waals surface area contributed by atoms with E-state index in [1.54, 1.807) is 42.1 Å². The zero-order chi connectivity index (χ0) is 16.6. The maximum Gasteiger partial charge on any atom is 0.355 e. The SMILES string of the molecule is Cn1cc(Cl)cc1C(=O)OCCN1C(=O)c2ccccc2C1=O. The number of rotatable bonds is 4. The Labute approximate surface area is 137 Å². The van der Waals surface area contributed by atoms with E-state index < -0.39 is 5.97 Å². The van der Waals surface area contributed by atoms with Crippen LogP contribution in [0.25, 0.3) is 0 Å². The summed E-state index contributed by atoms with van der Waals surface area (Å²) in [6.45, 7) is -0.0661. The van der Waals surface area contributed by atoms with Gasteiger partial charge in [-0.25, -0.2) is 4.79 Å². The molecule has 6 nitrogen and oxygen atoms in total. The maximum absolute atomic E-state index is 12.2. The molecule has 0 saturated carbocycles. The van der Waals surface area contributed by atoms with Crippen molar-refractivity contribution in [3.05, 3.63) is 58.4 Å².